The molecular formula is C10H13N4. The lowest BCUT2D eigenvalue weighted by Gasteiger charge is -2.02. The van der Waals surface area contributed by atoms with Gasteiger partial charge < -0.3 is 9.13 Å². The van der Waals surface area contributed by atoms with Crippen molar-refractivity contribution >= 4 is 0 Å². The van der Waals surface area contributed by atoms with Crippen LogP contribution in [0.4, 0.5) is 0 Å². The Morgan fingerprint density at radius 2 is 1.93 bits per heavy atom. The Hall–Kier alpha value is -1.58. The van der Waals surface area contributed by atoms with E-state index >= 15 is 0 Å². The van der Waals surface area contributed by atoms with Crippen molar-refractivity contribution in [1.82, 2.24) is 19.1 Å². The summed E-state index contributed by atoms with van der Waals surface area (Å²) in [6.45, 7) is 2.06. The highest BCUT2D eigenvalue weighted by atomic mass is 15.0. The second-order valence-corrected chi connectivity index (χ2v) is 3.25. The van der Waals surface area contributed by atoms with Crippen molar-refractivity contribution in [3.05, 3.63) is 37.4 Å². The average molecular weight is 189 g/mol. The first-order valence-electron chi connectivity index (χ1n) is 4.79. The Morgan fingerprint density at radius 1 is 1.07 bits per heavy atom. The van der Waals surface area contributed by atoms with Gasteiger partial charge in [0.05, 0.1) is 12.7 Å². The second kappa shape index (κ2) is 4.60. The predicted octanol–water partition coefficient (Wildman–Crippen LogP) is 1.36. The van der Waals surface area contributed by atoms with Crippen molar-refractivity contribution in [2.24, 2.45) is 0 Å². The van der Waals surface area contributed by atoms with Crippen molar-refractivity contribution in [3.63, 3.8) is 0 Å². The van der Waals surface area contributed by atoms with Crippen LogP contribution in [-0.2, 0) is 13.1 Å². The first-order valence-corrected chi connectivity index (χ1v) is 4.79. The largest absolute Gasteiger partial charge is 0.337 e. The van der Waals surface area contributed by atoms with Gasteiger partial charge >= 0.3 is 0 Å². The summed E-state index contributed by atoms with van der Waals surface area (Å²) >= 11 is 0. The molecule has 0 aromatic carbocycles. The molecule has 2 rings (SSSR count). The quantitative estimate of drug-likeness (QED) is 0.666. The molecule has 0 spiro atoms. The summed E-state index contributed by atoms with van der Waals surface area (Å²) in [6, 6.07) is 0. The number of rotatable bonds is 5. The summed E-state index contributed by atoms with van der Waals surface area (Å²) in [5, 5.41) is 0. The minimum atomic E-state index is 1.02. The summed E-state index contributed by atoms with van der Waals surface area (Å²) in [5.41, 5.74) is 0. The molecular weight excluding hydrogens is 176 g/mol. The van der Waals surface area contributed by atoms with Gasteiger partial charge in [-0.25, -0.2) is 9.97 Å². The molecule has 0 N–H and O–H groups in total. The molecule has 0 amide bonds. The van der Waals surface area contributed by atoms with E-state index in [0.29, 0.717) is 0 Å². The van der Waals surface area contributed by atoms with Gasteiger partial charge in [0.1, 0.15) is 6.20 Å². The van der Waals surface area contributed by atoms with Gasteiger partial charge in [-0.2, -0.15) is 0 Å². The SMILES string of the molecule is [c]1cn(CCCCn2ccnc2)cn1. The molecule has 2 heterocycles. The zero-order chi connectivity index (χ0) is 9.64. The van der Waals surface area contributed by atoms with E-state index in [2.05, 4.69) is 20.7 Å². The zero-order valence-electron chi connectivity index (χ0n) is 8.00. The van der Waals surface area contributed by atoms with Crippen LogP contribution in [0, 0.1) is 6.20 Å². The van der Waals surface area contributed by atoms with Crippen molar-refractivity contribution < 1.29 is 0 Å². The van der Waals surface area contributed by atoms with E-state index in [4.69, 9.17) is 0 Å². The van der Waals surface area contributed by atoms with E-state index in [1.165, 1.54) is 0 Å². The number of aryl methyl sites for hydroxylation is 2. The molecule has 0 saturated carbocycles. The van der Waals surface area contributed by atoms with E-state index in [1.54, 1.807) is 6.33 Å². The topological polar surface area (TPSA) is 35.6 Å². The second-order valence-electron chi connectivity index (χ2n) is 3.25. The zero-order valence-corrected chi connectivity index (χ0v) is 8.00. The fraction of sp³-hybridized carbons (Fsp3) is 0.400. The summed E-state index contributed by atoms with van der Waals surface area (Å²) in [4.78, 5) is 7.87. The molecule has 0 unspecified atom stereocenters. The van der Waals surface area contributed by atoms with E-state index in [9.17, 15) is 0 Å². The molecule has 4 nitrogen and oxygen atoms in total. The van der Waals surface area contributed by atoms with Crippen LogP contribution in [0.1, 0.15) is 12.8 Å². The van der Waals surface area contributed by atoms with Crippen LogP contribution in [0.25, 0.3) is 0 Å². The highest BCUT2D eigenvalue weighted by molar-refractivity contribution is 4.74. The minimum absolute atomic E-state index is 1.02. The Morgan fingerprint density at radius 3 is 2.57 bits per heavy atom. The lowest BCUT2D eigenvalue weighted by molar-refractivity contribution is 0.552. The van der Waals surface area contributed by atoms with Crippen LogP contribution in [0.5, 0.6) is 0 Å². The highest BCUT2D eigenvalue weighted by Gasteiger charge is 1.92. The maximum absolute atomic E-state index is 3.99. The lowest BCUT2D eigenvalue weighted by atomic mass is 10.3. The van der Waals surface area contributed by atoms with Crippen molar-refractivity contribution in [3.8, 4) is 0 Å². The number of nitrogens with zero attached hydrogens (tertiary/aromatic N) is 4. The van der Waals surface area contributed by atoms with Crippen LogP contribution in [-0.4, -0.2) is 19.1 Å². The number of aromatic nitrogens is 4. The van der Waals surface area contributed by atoms with E-state index in [0.717, 1.165) is 25.9 Å². The monoisotopic (exact) mass is 189 g/mol. The van der Waals surface area contributed by atoms with Crippen molar-refractivity contribution in [1.29, 1.82) is 0 Å². The highest BCUT2D eigenvalue weighted by Crippen LogP contribution is 1.98. The maximum Gasteiger partial charge on any atom is 0.108 e. The normalized spacial score (nSPS) is 10.6. The molecule has 1 radical (unpaired) electrons. The number of imidazole rings is 2. The van der Waals surface area contributed by atoms with E-state index in [-0.39, 0.29) is 0 Å². The molecule has 14 heavy (non-hydrogen) atoms. The first-order chi connectivity index (χ1) is 6.95. The molecule has 73 valence electrons. The van der Waals surface area contributed by atoms with Crippen LogP contribution in [0.2, 0.25) is 0 Å². The van der Waals surface area contributed by atoms with Crippen molar-refractivity contribution in [2.75, 3.05) is 0 Å². The summed E-state index contributed by atoms with van der Waals surface area (Å²) in [7, 11) is 0. The Bertz CT molecular complexity index is 300. The summed E-state index contributed by atoms with van der Waals surface area (Å²) in [6.07, 6.45) is 14.4. The molecule has 0 aliphatic carbocycles. The lowest BCUT2D eigenvalue weighted by Crippen LogP contribution is -1.98. The molecule has 2 aromatic heterocycles. The van der Waals surface area contributed by atoms with Gasteiger partial charge in [-0.1, -0.05) is 0 Å². The molecule has 2 aromatic rings. The van der Waals surface area contributed by atoms with Gasteiger partial charge in [-0.05, 0) is 12.8 Å². The molecule has 0 bridgehead atoms. The third kappa shape index (κ3) is 2.45. The smallest absolute Gasteiger partial charge is 0.108 e. The number of hydrogen-bond acceptors (Lipinski definition) is 2. The number of hydrogen-bond donors (Lipinski definition) is 0. The van der Waals surface area contributed by atoms with Gasteiger partial charge in [0.2, 0.25) is 0 Å². The first kappa shape index (κ1) is 8.99. The van der Waals surface area contributed by atoms with Gasteiger partial charge in [0, 0.05) is 31.7 Å². The third-order valence-electron chi connectivity index (χ3n) is 2.15. The van der Waals surface area contributed by atoms with Gasteiger partial charge in [0.25, 0.3) is 0 Å². The Balaban J connectivity index is 1.65. The molecule has 0 fully saturated rings. The number of unbranched alkanes of at least 4 members (excludes halogenated alkanes) is 1. The van der Waals surface area contributed by atoms with E-state index in [1.807, 2.05) is 29.5 Å². The molecule has 4 heteroatoms. The van der Waals surface area contributed by atoms with Gasteiger partial charge in [-0.15, -0.1) is 0 Å². The average Bonchev–Trinajstić information content (AvgIpc) is 2.86. The minimum Gasteiger partial charge on any atom is -0.337 e. The fourth-order valence-electron chi connectivity index (χ4n) is 1.38. The van der Waals surface area contributed by atoms with Crippen LogP contribution >= 0.6 is 0 Å². The van der Waals surface area contributed by atoms with Crippen LogP contribution in [0.3, 0.4) is 0 Å². The van der Waals surface area contributed by atoms with Crippen molar-refractivity contribution in [2.45, 2.75) is 25.9 Å². The maximum atomic E-state index is 3.99. The van der Waals surface area contributed by atoms with Gasteiger partial charge in [-0.3, -0.25) is 0 Å². The van der Waals surface area contributed by atoms with Gasteiger partial charge in [0.15, 0.2) is 0 Å². The summed E-state index contributed by atoms with van der Waals surface area (Å²) < 4.78 is 4.15. The van der Waals surface area contributed by atoms with Crippen LogP contribution in [0.15, 0.2) is 31.2 Å². The molecule has 0 aliphatic heterocycles. The standard InChI is InChI=1S/C10H13N4/c1(5-13-7-3-11-9-13)2-6-14-8-4-12-10-14/h3,7-10H,1-2,5-6H2. The predicted molar refractivity (Wildman–Crippen MR) is 52.5 cm³/mol. The molecule has 0 saturated heterocycles. The Labute approximate surface area is 83.2 Å². The fourth-order valence-corrected chi connectivity index (χ4v) is 1.38. The molecule has 0 aliphatic rings. The van der Waals surface area contributed by atoms with Crippen LogP contribution < -0.4 is 0 Å². The Kier molecular flexibility index (Phi) is 2.95. The van der Waals surface area contributed by atoms with E-state index < -0.39 is 0 Å². The third-order valence-corrected chi connectivity index (χ3v) is 2.15. The summed E-state index contributed by atoms with van der Waals surface area (Å²) in [5.74, 6) is 0. The molecule has 0 atom stereocenters.